The number of benzene rings is 22. The third-order valence-electron chi connectivity index (χ3n) is 34.5. The first-order valence-electron chi connectivity index (χ1n) is 40.7. The van der Waals surface area contributed by atoms with Gasteiger partial charge in [0, 0.05) is 38.9 Å². The molecule has 0 bridgehead atoms. The van der Waals surface area contributed by atoms with Gasteiger partial charge in [-0.1, -0.05) is 110 Å². The monoisotopic (exact) mass is 1350 g/mol. The first kappa shape index (κ1) is 49.6. The van der Waals surface area contributed by atoms with Gasteiger partial charge in [-0.15, -0.1) is 0 Å². The van der Waals surface area contributed by atoms with Crippen LogP contribution in [0.2, 0.25) is 0 Å². The van der Waals surface area contributed by atoms with Gasteiger partial charge in [0.05, 0.1) is 5.92 Å². The van der Waals surface area contributed by atoms with E-state index in [0.29, 0.717) is 17.6 Å². The summed E-state index contributed by atoms with van der Waals surface area (Å²) >= 11 is 0. The summed E-state index contributed by atoms with van der Waals surface area (Å²) in [6, 6.07) is 37.2. The van der Waals surface area contributed by atoms with E-state index < -0.39 is 10.8 Å². The van der Waals surface area contributed by atoms with Crippen molar-refractivity contribution >= 4 is 314 Å². The van der Waals surface area contributed by atoms with Crippen molar-refractivity contribution < 1.29 is 4.79 Å². The van der Waals surface area contributed by atoms with Crippen LogP contribution in [0.4, 0.5) is 17.1 Å². The van der Waals surface area contributed by atoms with Crippen molar-refractivity contribution in [1.29, 1.82) is 0 Å². The number of nitrogens with zero attached hydrogens (tertiary/aromatic N) is 1. The van der Waals surface area contributed by atoms with E-state index >= 15 is 4.79 Å². The average molecular weight is 1350 g/mol. The zero-order chi connectivity index (χ0) is 68.0. The minimum atomic E-state index is -0.591. The highest BCUT2D eigenvalue weighted by atomic mass is 16.1. The topological polar surface area (TPSA) is 20.3 Å². The minimum absolute atomic E-state index is 0.203. The normalized spacial score (nSPS) is 21.9. The van der Waals surface area contributed by atoms with Gasteiger partial charge in [-0.3, -0.25) is 4.79 Å². The summed E-state index contributed by atoms with van der Waals surface area (Å²) in [5.41, 5.74) is 15.3. The lowest BCUT2D eigenvalue weighted by atomic mass is 9.67. The molecule has 0 amide bonds. The molecule has 38 rings (SSSR count). The highest BCUT2D eigenvalue weighted by Crippen LogP contribution is 2.93. The van der Waals surface area contributed by atoms with Crippen LogP contribution in [0.25, 0.3) is 302 Å². The van der Waals surface area contributed by atoms with Crippen LogP contribution in [0.3, 0.4) is 0 Å². The van der Waals surface area contributed by atoms with E-state index in [0.717, 1.165) is 42.6 Å². The molecule has 0 radical (unpaired) electrons. The van der Waals surface area contributed by atoms with Crippen molar-refractivity contribution in [3.8, 4) is 11.1 Å². The molecule has 2 nitrogen and oxygen atoms in total. The van der Waals surface area contributed by atoms with E-state index in [2.05, 4.69) is 157 Å². The molecule has 0 aromatic heterocycles. The molecule has 0 aliphatic heterocycles. The van der Waals surface area contributed by atoms with Crippen molar-refractivity contribution in [1.82, 2.24) is 0 Å². The molecular formula is C105H55NO. The minimum Gasteiger partial charge on any atom is -0.310 e. The maximum atomic E-state index is 18.9. The number of fused-ring (bicyclic) bond motifs is 3. The van der Waals surface area contributed by atoms with Crippen molar-refractivity contribution in [3.63, 3.8) is 0 Å². The Balaban J connectivity index is 0.705. The molecule has 32 aromatic carbocycles. The van der Waals surface area contributed by atoms with Gasteiger partial charge in [0.1, 0.15) is 0 Å². The molecule has 107 heavy (non-hydrogen) atoms. The summed E-state index contributed by atoms with van der Waals surface area (Å²) in [5.74, 6) is 1.11. The highest BCUT2D eigenvalue weighted by Gasteiger charge is 2.88. The number of carbonyl (C=O) groups is 1. The summed E-state index contributed by atoms with van der Waals surface area (Å²) in [7, 11) is 0. The number of ketones is 1. The Hall–Kier alpha value is -11.2. The van der Waals surface area contributed by atoms with Gasteiger partial charge in [-0.25, -0.2) is 0 Å². The fourth-order valence-electron chi connectivity index (χ4n) is 33.3. The fourth-order valence-corrected chi connectivity index (χ4v) is 33.3. The van der Waals surface area contributed by atoms with Gasteiger partial charge in [0.2, 0.25) is 0 Å². The lowest BCUT2D eigenvalue weighted by molar-refractivity contribution is 0.0955. The van der Waals surface area contributed by atoms with Crippen LogP contribution in [0.5, 0.6) is 0 Å². The van der Waals surface area contributed by atoms with Crippen molar-refractivity contribution in [3.05, 3.63) is 136 Å². The molecule has 2 heteroatoms. The molecule has 2 atom stereocenters. The van der Waals surface area contributed by atoms with Crippen molar-refractivity contribution in [2.45, 2.75) is 110 Å². The van der Waals surface area contributed by atoms with Gasteiger partial charge in [0.15, 0.2) is 5.78 Å². The Morgan fingerprint density at radius 2 is 0.551 bits per heavy atom. The van der Waals surface area contributed by atoms with E-state index in [4.69, 9.17) is 0 Å². The zero-order valence-corrected chi connectivity index (χ0v) is 60.1. The summed E-state index contributed by atoms with van der Waals surface area (Å²) in [4.78, 5) is 21.4. The predicted octanol–water partition coefficient (Wildman–Crippen LogP) is 29.2. The van der Waals surface area contributed by atoms with E-state index in [1.807, 2.05) is 0 Å². The van der Waals surface area contributed by atoms with Crippen LogP contribution in [0.1, 0.15) is 138 Å². The highest BCUT2D eigenvalue weighted by molar-refractivity contribution is 6.82. The number of Topliss-reactive ketones (excluding diaryl/α,β-unsaturated/α-hetero) is 1. The molecule has 486 valence electrons. The quantitative estimate of drug-likeness (QED) is 0.0847. The number of anilines is 3. The molecule has 2 spiro atoms. The molecule has 32 aromatic rings. The molecule has 0 N–H and O–H groups in total. The molecule has 6 aliphatic rings. The number of para-hydroxylation sites is 2. The van der Waals surface area contributed by atoms with Crippen LogP contribution < -0.4 is 4.90 Å². The van der Waals surface area contributed by atoms with Gasteiger partial charge in [0.25, 0.3) is 0 Å². The first-order valence-corrected chi connectivity index (χ1v) is 40.7. The summed E-state index contributed by atoms with van der Waals surface area (Å²) in [6.07, 6.45) is 6.62. The summed E-state index contributed by atoms with van der Waals surface area (Å²) in [6.45, 7) is 19.7. The molecule has 6 aliphatic carbocycles. The first-order chi connectivity index (χ1) is 52.2. The molecule has 0 saturated heterocycles. The second kappa shape index (κ2) is 13.0. The van der Waals surface area contributed by atoms with E-state index in [1.54, 1.807) is 313 Å². The largest absolute Gasteiger partial charge is 0.310 e. The van der Waals surface area contributed by atoms with Gasteiger partial charge in [-0.2, -0.15) is 0 Å². The third kappa shape index (κ3) is 3.67. The average Bonchev–Trinajstić information content (AvgIpc) is 1.36. The number of hydrogen-bond acceptors (Lipinski definition) is 2. The van der Waals surface area contributed by atoms with Gasteiger partial charge >= 0.3 is 0 Å². The second-order valence-electron chi connectivity index (χ2n) is 40.6. The third-order valence-corrected chi connectivity index (χ3v) is 34.5. The number of rotatable bonds is 13. The Bertz CT molecular complexity index is 8790. The lowest BCUT2D eigenvalue weighted by Crippen LogP contribution is -2.28. The Labute approximate surface area is 605 Å². The smallest absolute Gasteiger partial charge is 0.168 e. The summed E-state index contributed by atoms with van der Waals surface area (Å²) < 4.78 is 0. The Morgan fingerprint density at radius 3 is 0.813 bits per heavy atom. The molecule has 2 unspecified atom stereocenters. The van der Waals surface area contributed by atoms with E-state index in [9.17, 15) is 0 Å². The van der Waals surface area contributed by atoms with Crippen LogP contribution >= 0.6 is 0 Å². The van der Waals surface area contributed by atoms with Gasteiger partial charge < -0.3 is 4.90 Å². The lowest BCUT2D eigenvalue weighted by Gasteiger charge is -2.37. The predicted molar refractivity (Wildman–Crippen MR) is 454 cm³/mol. The van der Waals surface area contributed by atoms with Crippen LogP contribution in [0.15, 0.2) is 97.1 Å². The van der Waals surface area contributed by atoms with Gasteiger partial charge in [-0.05, 0) is 439 Å². The summed E-state index contributed by atoms with van der Waals surface area (Å²) in [5, 5.41) is 86.6. The molecule has 1 saturated carbocycles. The van der Waals surface area contributed by atoms with Crippen LogP contribution in [-0.4, -0.2) is 5.78 Å². The molecular weight excluding hydrogens is 1290 g/mol. The Kier molecular flexibility index (Phi) is 6.00. The fraction of sp³-hybridized carbons (Fsp3) is 0.210. The van der Waals surface area contributed by atoms with E-state index in [-0.39, 0.29) is 22.2 Å². The standard InChI is InChI=1S/C105H55NO/c1-31(29-101(3,4)5)23-25-103(26-24-32(2)30-102(6,7)8)39-27-33(19-21-37(39)38-22-20-36(28-40(38)103)106(34-15-11-9-12-16-34)35-17-13-10-14-18-35)99(107)100-104-95-87-79-69-59-51-43-41-42-45-49-47(43)55-63-57(49)67-61-53(45)54-46(42)50-48-44(41)52(51)60-66-56(48)64-58(50)68-62(54)72-71(61)81-75(67)85-77(63)83(73(79)65(55)59)91(95)93(85)97-89(81)90-82(72)76(68)86-78(64)84-74(66)80(70(60)69)88(87)96(104)92(84)94(86)98(90)105(97,100)104/h9-22,27-28,31-32,100H,23-26,29-30H2,1-8H3. The SMILES string of the molecule is CC(CCC1(CCC(C)CC(C)(C)C)c2cc(C(=O)C3C45c6c7c8c9c%10c%11c(c%12c%13c4c4c6c6c%14c7c7c8c8c%10c%10c%15c%11c%11c%12c%12c%13c%13c4c4c6c6c%14c%14c7c7c8c%10c8c%10c%15c%11c%11c%12c%12c%13c4c4c6c6c%14c7c8c7c%10c%11c%12c4c67)C935)ccc2-c2ccc(N(c3ccccc3)c3ccccc3)cc21)CC(C)(C)C. The second-order valence-corrected chi connectivity index (χ2v) is 40.6. The van der Waals surface area contributed by atoms with E-state index in [1.165, 1.54) is 40.8 Å². The number of hydrogen-bond donors (Lipinski definition) is 0. The van der Waals surface area contributed by atoms with Crippen LogP contribution in [0, 0.1) is 28.6 Å². The maximum absolute atomic E-state index is 18.9. The maximum Gasteiger partial charge on any atom is 0.168 e. The van der Waals surface area contributed by atoms with Crippen molar-refractivity contribution in [2.24, 2.45) is 28.6 Å². The zero-order valence-electron chi connectivity index (χ0n) is 60.1. The molecule has 0 heterocycles. The Morgan fingerprint density at radius 1 is 0.308 bits per heavy atom. The van der Waals surface area contributed by atoms with Crippen molar-refractivity contribution in [2.75, 3.05) is 4.90 Å². The molecule has 1 fully saturated rings. The van der Waals surface area contributed by atoms with Crippen LogP contribution in [-0.2, 0) is 16.2 Å². The number of carbonyl (C=O) groups excluding carboxylic acids is 1.